The lowest BCUT2D eigenvalue weighted by molar-refractivity contribution is 0.167. The highest BCUT2D eigenvalue weighted by Gasteiger charge is 2.24. The molecule has 0 amide bonds. The quantitative estimate of drug-likeness (QED) is 0.888. The van der Waals surface area contributed by atoms with E-state index in [2.05, 4.69) is 17.1 Å². The molecular weight excluding hydrogens is 255 g/mol. The van der Waals surface area contributed by atoms with Crippen molar-refractivity contribution in [2.45, 2.75) is 19.4 Å². The first kappa shape index (κ1) is 13.6. The molecule has 0 spiro atoms. The molecule has 0 unspecified atom stereocenters. The van der Waals surface area contributed by atoms with Crippen LogP contribution in [-0.4, -0.2) is 36.2 Å². The molecule has 1 aromatic rings. The van der Waals surface area contributed by atoms with Gasteiger partial charge in [0.25, 0.3) is 0 Å². The summed E-state index contributed by atoms with van der Waals surface area (Å²) in [6, 6.07) is 3.04. The van der Waals surface area contributed by atoms with Crippen molar-refractivity contribution in [2.75, 3.05) is 26.2 Å². The van der Waals surface area contributed by atoms with Crippen molar-refractivity contribution >= 4 is 11.6 Å². The van der Waals surface area contributed by atoms with Gasteiger partial charge in [0.15, 0.2) is 0 Å². The molecule has 1 aromatic carbocycles. The molecule has 0 aliphatic carbocycles. The summed E-state index contributed by atoms with van der Waals surface area (Å²) >= 11 is 5.77. The molecule has 100 valence electrons. The molecule has 1 atom stereocenters. The zero-order valence-corrected chi connectivity index (χ0v) is 11.2. The van der Waals surface area contributed by atoms with Gasteiger partial charge in [-0.15, -0.1) is 0 Å². The Hall–Kier alpha value is -0.840. The van der Waals surface area contributed by atoms with E-state index in [1.807, 2.05) is 0 Å². The fourth-order valence-corrected chi connectivity index (χ4v) is 2.66. The Morgan fingerprint density at radius 1 is 1.44 bits per heavy atom. The maximum absolute atomic E-state index is 13.3. The number of halogens is 2. The van der Waals surface area contributed by atoms with Crippen LogP contribution in [0.4, 0.5) is 4.39 Å². The standard InChI is InChI=1S/C13H18ClFN2O/c1-2-11(17-7-5-16-6-8-17)9-3-4-10(15)12(14)13(9)18/h3-4,11,16,18H,2,5-8H2,1H3/t11-/m0/s1. The lowest BCUT2D eigenvalue weighted by Crippen LogP contribution is -2.45. The van der Waals surface area contributed by atoms with E-state index in [1.165, 1.54) is 6.07 Å². The van der Waals surface area contributed by atoms with Gasteiger partial charge in [0.1, 0.15) is 16.6 Å². The van der Waals surface area contributed by atoms with Crippen LogP contribution in [0.15, 0.2) is 12.1 Å². The summed E-state index contributed by atoms with van der Waals surface area (Å²) < 4.78 is 13.3. The van der Waals surface area contributed by atoms with Gasteiger partial charge in [-0.2, -0.15) is 0 Å². The molecule has 2 N–H and O–H groups in total. The normalized spacial score (nSPS) is 18.8. The number of nitrogens with one attached hydrogen (secondary N) is 1. The summed E-state index contributed by atoms with van der Waals surface area (Å²) in [7, 11) is 0. The molecule has 5 heteroatoms. The molecule has 1 fully saturated rings. The lowest BCUT2D eigenvalue weighted by atomic mass is 10.0. The topological polar surface area (TPSA) is 35.5 Å². The van der Waals surface area contributed by atoms with Crippen molar-refractivity contribution < 1.29 is 9.50 Å². The molecule has 3 nitrogen and oxygen atoms in total. The minimum absolute atomic E-state index is 0.0881. The average molecular weight is 273 g/mol. The molecule has 1 aliphatic rings. The number of benzene rings is 1. The summed E-state index contributed by atoms with van der Waals surface area (Å²) in [6.07, 6.45) is 0.857. The lowest BCUT2D eigenvalue weighted by Gasteiger charge is -2.35. The Morgan fingerprint density at radius 2 is 2.11 bits per heavy atom. The van der Waals surface area contributed by atoms with E-state index in [4.69, 9.17) is 11.6 Å². The molecule has 0 aromatic heterocycles. The Labute approximate surface area is 112 Å². The van der Waals surface area contributed by atoms with Crippen LogP contribution in [-0.2, 0) is 0 Å². The van der Waals surface area contributed by atoms with E-state index in [1.54, 1.807) is 6.07 Å². The molecule has 18 heavy (non-hydrogen) atoms. The monoisotopic (exact) mass is 272 g/mol. The van der Waals surface area contributed by atoms with Gasteiger partial charge in [0.2, 0.25) is 0 Å². The van der Waals surface area contributed by atoms with Crippen LogP contribution in [0.5, 0.6) is 5.75 Å². The number of phenols is 1. The maximum Gasteiger partial charge on any atom is 0.145 e. The minimum atomic E-state index is -0.576. The van der Waals surface area contributed by atoms with E-state index in [0.717, 1.165) is 32.6 Å². The van der Waals surface area contributed by atoms with E-state index in [9.17, 15) is 9.50 Å². The van der Waals surface area contributed by atoms with E-state index < -0.39 is 5.82 Å². The van der Waals surface area contributed by atoms with Crippen molar-refractivity contribution in [1.29, 1.82) is 0 Å². The third-order valence-corrected chi connectivity index (χ3v) is 3.80. The van der Waals surface area contributed by atoms with Gasteiger partial charge in [-0.25, -0.2) is 4.39 Å². The van der Waals surface area contributed by atoms with Crippen molar-refractivity contribution in [2.24, 2.45) is 0 Å². The first-order valence-corrected chi connectivity index (χ1v) is 6.64. The second kappa shape index (κ2) is 5.87. The number of hydrogen-bond acceptors (Lipinski definition) is 3. The molecule has 1 saturated heterocycles. The number of nitrogens with zero attached hydrogens (tertiary/aromatic N) is 1. The number of hydrogen-bond donors (Lipinski definition) is 2. The largest absolute Gasteiger partial charge is 0.506 e. The van der Waals surface area contributed by atoms with Crippen molar-refractivity contribution in [1.82, 2.24) is 10.2 Å². The van der Waals surface area contributed by atoms with Gasteiger partial charge in [0, 0.05) is 37.8 Å². The van der Waals surface area contributed by atoms with Gasteiger partial charge in [-0.1, -0.05) is 24.6 Å². The number of phenolic OH excluding ortho intramolecular Hbond substituents is 1. The van der Waals surface area contributed by atoms with Crippen molar-refractivity contribution in [3.63, 3.8) is 0 Å². The number of piperazine rings is 1. The van der Waals surface area contributed by atoms with E-state index in [-0.39, 0.29) is 16.8 Å². The van der Waals surface area contributed by atoms with Crippen LogP contribution in [0.3, 0.4) is 0 Å². The van der Waals surface area contributed by atoms with Crippen LogP contribution >= 0.6 is 11.6 Å². The van der Waals surface area contributed by atoms with Crippen LogP contribution in [0.25, 0.3) is 0 Å². The highest BCUT2D eigenvalue weighted by atomic mass is 35.5. The Kier molecular flexibility index (Phi) is 4.43. The predicted molar refractivity (Wildman–Crippen MR) is 70.5 cm³/mol. The first-order valence-electron chi connectivity index (χ1n) is 6.26. The molecular formula is C13H18ClFN2O. The van der Waals surface area contributed by atoms with Gasteiger partial charge in [-0.05, 0) is 12.5 Å². The molecule has 0 bridgehead atoms. The van der Waals surface area contributed by atoms with Gasteiger partial charge < -0.3 is 10.4 Å². The summed E-state index contributed by atoms with van der Waals surface area (Å²) in [6.45, 7) is 5.78. The molecule has 1 aliphatic heterocycles. The van der Waals surface area contributed by atoms with E-state index in [0.29, 0.717) is 5.56 Å². The van der Waals surface area contributed by atoms with Crippen molar-refractivity contribution in [3.8, 4) is 5.75 Å². The Bertz CT molecular complexity index is 422. The molecule has 2 rings (SSSR count). The minimum Gasteiger partial charge on any atom is -0.506 e. The first-order chi connectivity index (χ1) is 8.65. The zero-order chi connectivity index (χ0) is 13.1. The maximum atomic E-state index is 13.3. The number of aromatic hydroxyl groups is 1. The smallest absolute Gasteiger partial charge is 0.145 e. The zero-order valence-electron chi connectivity index (χ0n) is 10.4. The average Bonchev–Trinajstić information content (AvgIpc) is 2.41. The van der Waals surface area contributed by atoms with Crippen LogP contribution < -0.4 is 5.32 Å². The van der Waals surface area contributed by atoms with E-state index >= 15 is 0 Å². The Balaban J connectivity index is 2.29. The highest BCUT2D eigenvalue weighted by Crippen LogP contribution is 2.37. The third-order valence-electron chi connectivity index (χ3n) is 3.44. The van der Waals surface area contributed by atoms with Crippen LogP contribution in [0, 0.1) is 5.82 Å². The summed E-state index contributed by atoms with van der Waals surface area (Å²) in [5.74, 6) is -0.699. The van der Waals surface area contributed by atoms with Crippen LogP contribution in [0.2, 0.25) is 5.02 Å². The van der Waals surface area contributed by atoms with Crippen LogP contribution in [0.1, 0.15) is 24.9 Å². The fourth-order valence-electron chi connectivity index (χ4n) is 2.49. The second-order valence-electron chi connectivity index (χ2n) is 4.51. The highest BCUT2D eigenvalue weighted by molar-refractivity contribution is 6.32. The van der Waals surface area contributed by atoms with Crippen molar-refractivity contribution in [3.05, 3.63) is 28.5 Å². The number of rotatable bonds is 3. The Morgan fingerprint density at radius 3 is 2.72 bits per heavy atom. The van der Waals surface area contributed by atoms with Gasteiger partial charge in [-0.3, -0.25) is 4.90 Å². The third kappa shape index (κ3) is 2.60. The molecule has 1 heterocycles. The van der Waals surface area contributed by atoms with Gasteiger partial charge in [0.05, 0.1) is 0 Å². The fraction of sp³-hybridized carbons (Fsp3) is 0.538. The SMILES string of the molecule is CC[C@@H](c1ccc(F)c(Cl)c1O)N1CCNCC1. The van der Waals surface area contributed by atoms with Gasteiger partial charge >= 0.3 is 0 Å². The summed E-state index contributed by atoms with van der Waals surface area (Å²) in [4.78, 5) is 2.29. The summed E-state index contributed by atoms with van der Waals surface area (Å²) in [5.41, 5.74) is 0.714. The molecule has 0 saturated carbocycles. The predicted octanol–water partition coefficient (Wildman–Crippen LogP) is 2.54. The molecule has 0 radical (unpaired) electrons. The summed E-state index contributed by atoms with van der Waals surface area (Å²) in [5, 5.41) is 13.1. The second-order valence-corrected chi connectivity index (χ2v) is 4.89.